The Morgan fingerprint density at radius 1 is 0.957 bits per heavy atom. The minimum Gasteiger partial charge on any atom is -0.368 e. The lowest BCUT2D eigenvalue weighted by Crippen LogP contribution is -2.50. The summed E-state index contributed by atoms with van der Waals surface area (Å²) in [4.78, 5) is 2.49. The summed E-state index contributed by atoms with van der Waals surface area (Å²) in [5.74, 6) is 0. The number of nitrogens with zero attached hydrogens (tertiary/aromatic N) is 1. The molecule has 0 aliphatic carbocycles. The summed E-state index contributed by atoms with van der Waals surface area (Å²) in [5, 5.41) is 0. The van der Waals surface area contributed by atoms with E-state index in [0.717, 1.165) is 19.7 Å². The molecule has 2 aromatic rings. The van der Waals surface area contributed by atoms with E-state index in [4.69, 9.17) is 4.74 Å². The van der Waals surface area contributed by atoms with Gasteiger partial charge >= 0.3 is 0 Å². The van der Waals surface area contributed by atoms with Gasteiger partial charge in [0, 0.05) is 19.1 Å². The van der Waals surface area contributed by atoms with Gasteiger partial charge in [0.25, 0.3) is 0 Å². The quantitative estimate of drug-likeness (QED) is 0.806. The molecule has 2 nitrogen and oxygen atoms in total. The summed E-state index contributed by atoms with van der Waals surface area (Å²) in [5.41, 5.74) is 3.56. The van der Waals surface area contributed by atoms with Crippen LogP contribution >= 0.6 is 12.4 Å². The average molecular weight is 332 g/mol. The average Bonchev–Trinajstić information content (AvgIpc) is 2.56. The van der Waals surface area contributed by atoms with Crippen LogP contribution in [0.25, 0.3) is 11.1 Å². The third-order valence-electron chi connectivity index (χ3n) is 4.64. The van der Waals surface area contributed by atoms with Crippen molar-refractivity contribution in [1.82, 2.24) is 4.90 Å². The summed E-state index contributed by atoms with van der Waals surface area (Å²) in [6, 6.07) is 19.9. The fraction of sp³-hybridized carbons (Fsp3) is 0.400. The molecule has 1 aliphatic rings. The van der Waals surface area contributed by atoms with Gasteiger partial charge < -0.3 is 4.74 Å². The highest BCUT2D eigenvalue weighted by Gasteiger charge is 2.34. The van der Waals surface area contributed by atoms with E-state index in [2.05, 4.69) is 80.3 Å². The highest BCUT2D eigenvalue weighted by atomic mass is 35.5. The van der Waals surface area contributed by atoms with Gasteiger partial charge in [0.05, 0.1) is 6.61 Å². The molecule has 1 unspecified atom stereocenters. The van der Waals surface area contributed by atoms with Crippen LogP contribution in [0.5, 0.6) is 0 Å². The Hall–Kier alpha value is -1.35. The van der Waals surface area contributed by atoms with Crippen LogP contribution in [0.4, 0.5) is 0 Å². The van der Waals surface area contributed by atoms with E-state index < -0.39 is 0 Å². The van der Waals surface area contributed by atoms with Crippen LogP contribution in [-0.4, -0.2) is 30.6 Å². The van der Waals surface area contributed by atoms with Gasteiger partial charge in [-0.15, -0.1) is 12.4 Å². The first-order valence-corrected chi connectivity index (χ1v) is 8.12. The molecule has 23 heavy (non-hydrogen) atoms. The molecule has 3 rings (SSSR count). The number of ether oxygens (including phenoxy) is 1. The Morgan fingerprint density at radius 3 is 2.17 bits per heavy atom. The first-order valence-electron chi connectivity index (χ1n) is 8.12. The number of morpholine rings is 1. The van der Waals surface area contributed by atoms with E-state index in [1.165, 1.54) is 16.7 Å². The number of hydrogen-bond acceptors (Lipinski definition) is 2. The van der Waals surface area contributed by atoms with Gasteiger partial charge in [-0.3, -0.25) is 4.90 Å². The maximum absolute atomic E-state index is 6.14. The Bertz CT molecular complexity index is 611. The van der Waals surface area contributed by atoms with Crippen LogP contribution in [0.1, 0.15) is 26.3 Å². The standard InChI is InChI=1S/C20H25NO.ClH/c1-16(2)21-13-14-22-20(3,15-21)19-11-9-18(10-12-19)17-7-5-4-6-8-17;/h4-12,16H,13-15H2,1-3H3;1H. The fourth-order valence-corrected chi connectivity index (χ4v) is 3.16. The first-order chi connectivity index (χ1) is 10.6. The molecule has 0 N–H and O–H groups in total. The van der Waals surface area contributed by atoms with Crippen molar-refractivity contribution >= 4 is 12.4 Å². The summed E-state index contributed by atoms with van der Waals surface area (Å²) >= 11 is 0. The van der Waals surface area contributed by atoms with Gasteiger partial charge in [0.15, 0.2) is 0 Å². The van der Waals surface area contributed by atoms with E-state index >= 15 is 0 Å². The molecule has 0 bridgehead atoms. The summed E-state index contributed by atoms with van der Waals surface area (Å²) in [6.45, 7) is 9.49. The first kappa shape index (κ1) is 18.0. The lowest BCUT2D eigenvalue weighted by molar-refractivity contribution is -0.110. The van der Waals surface area contributed by atoms with E-state index in [9.17, 15) is 0 Å². The van der Waals surface area contributed by atoms with Crippen LogP contribution in [0.15, 0.2) is 54.6 Å². The van der Waals surface area contributed by atoms with E-state index in [1.54, 1.807) is 0 Å². The third-order valence-corrected chi connectivity index (χ3v) is 4.64. The van der Waals surface area contributed by atoms with E-state index in [0.29, 0.717) is 6.04 Å². The van der Waals surface area contributed by atoms with Gasteiger partial charge in [-0.2, -0.15) is 0 Å². The molecule has 1 heterocycles. The topological polar surface area (TPSA) is 12.5 Å². The van der Waals surface area contributed by atoms with Crippen LogP contribution in [0.2, 0.25) is 0 Å². The maximum atomic E-state index is 6.14. The Balaban J connectivity index is 0.00000192. The molecule has 1 aliphatic heterocycles. The van der Waals surface area contributed by atoms with E-state index in [-0.39, 0.29) is 18.0 Å². The monoisotopic (exact) mass is 331 g/mol. The van der Waals surface area contributed by atoms with Gasteiger partial charge in [-0.25, -0.2) is 0 Å². The Kier molecular flexibility index (Phi) is 5.85. The summed E-state index contributed by atoms with van der Waals surface area (Å²) in [7, 11) is 0. The predicted octanol–water partition coefficient (Wildman–Crippen LogP) is 4.73. The van der Waals surface area contributed by atoms with Gasteiger partial charge in [0.2, 0.25) is 0 Å². The molecule has 1 atom stereocenters. The second-order valence-electron chi connectivity index (χ2n) is 6.59. The van der Waals surface area contributed by atoms with Crippen molar-refractivity contribution < 1.29 is 4.74 Å². The third kappa shape index (κ3) is 3.95. The second-order valence-corrected chi connectivity index (χ2v) is 6.59. The molecule has 0 radical (unpaired) electrons. The van der Waals surface area contributed by atoms with Crippen molar-refractivity contribution in [3.8, 4) is 11.1 Å². The maximum Gasteiger partial charge on any atom is 0.103 e. The molecule has 0 aromatic heterocycles. The van der Waals surface area contributed by atoms with Crippen molar-refractivity contribution in [3.63, 3.8) is 0 Å². The fourth-order valence-electron chi connectivity index (χ4n) is 3.16. The second kappa shape index (κ2) is 7.48. The summed E-state index contributed by atoms with van der Waals surface area (Å²) < 4.78 is 6.14. The lowest BCUT2D eigenvalue weighted by atomic mass is 9.91. The number of halogens is 1. The normalized spacial score (nSPS) is 21.9. The van der Waals surface area contributed by atoms with Crippen molar-refractivity contribution in [3.05, 3.63) is 60.2 Å². The zero-order chi connectivity index (χ0) is 15.6. The Morgan fingerprint density at radius 2 is 1.57 bits per heavy atom. The number of rotatable bonds is 3. The van der Waals surface area contributed by atoms with E-state index in [1.807, 2.05) is 0 Å². The molecule has 0 spiro atoms. The van der Waals surface area contributed by atoms with Crippen molar-refractivity contribution in [1.29, 1.82) is 0 Å². The molecular weight excluding hydrogens is 306 g/mol. The highest BCUT2D eigenvalue weighted by Crippen LogP contribution is 2.31. The molecule has 1 fully saturated rings. The van der Waals surface area contributed by atoms with Gasteiger partial charge in [0.1, 0.15) is 5.60 Å². The number of benzene rings is 2. The van der Waals surface area contributed by atoms with Gasteiger partial charge in [-0.1, -0.05) is 54.6 Å². The van der Waals surface area contributed by atoms with Crippen molar-refractivity contribution in [2.45, 2.75) is 32.4 Å². The minimum absolute atomic E-state index is 0. The van der Waals surface area contributed by atoms with Crippen LogP contribution < -0.4 is 0 Å². The smallest absolute Gasteiger partial charge is 0.103 e. The van der Waals surface area contributed by atoms with Crippen LogP contribution in [0, 0.1) is 0 Å². The zero-order valence-corrected chi connectivity index (χ0v) is 15.0. The molecule has 124 valence electrons. The lowest BCUT2D eigenvalue weighted by Gasteiger charge is -2.42. The molecule has 1 saturated heterocycles. The van der Waals surface area contributed by atoms with Crippen molar-refractivity contribution in [2.24, 2.45) is 0 Å². The SMILES string of the molecule is CC(C)N1CCOC(C)(c2ccc(-c3ccccc3)cc2)C1.Cl. The van der Waals surface area contributed by atoms with Gasteiger partial charge in [-0.05, 0) is 37.5 Å². The highest BCUT2D eigenvalue weighted by molar-refractivity contribution is 5.85. The largest absolute Gasteiger partial charge is 0.368 e. The summed E-state index contributed by atoms with van der Waals surface area (Å²) in [6.07, 6.45) is 0. The van der Waals surface area contributed by atoms with Crippen LogP contribution in [-0.2, 0) is 10.3 Å². The zero-order valence-electron chi connectivity index (χ0n) is 14.2. The molecule has 3 heteroatoms. The minimum atomic E-state index is -0.211. The van der Waals surface area contributed by atoms with Crippen molar-refractivity contribution in [2.75, 3.05) is 19.7 Å². The Labute approximate surface area is 145 Å². The van der Waals surface area contributed by atoms with Crippen LogP contribution in [0.3, 0.4) is 0 Å². The molecule has 2 aromatic carbocycles. The molecule has 0 amide bonds. The predicted molar refractivity (Wildman–Crippen MR) is 99.1 cm³/mol. The molecule has 0 saturated carbocycles. The molecular formula is C20H26ClNO. The number of hydrogen-bond donors (Lipinski definition) is 0.